The van der Waals surface area contributed by atoms with E-state index in [9.17, 15) is 0 Å². The predicted molar refractivity (Wildman–Crippen MR) is 72.7 cm³/mol. The van der Waals surface area contributed by atoms with E-state index in [0.717, 1.165) is 11.5 Å². The lowest BCUT2D eigenvalue weighted by molar-refractivity contribution is 0.666. The highest BCUT2D eigenvalue weighted by molar-refractivity contribution is 8.20. The molecule has 1 unspecified atom stereocenters. The quantitative estimate of drug-likeness (QED) is 0.663. The Labute approximate surface area is 99.6 Å². The molecule has 0 N–H and O–H groups in total. The molecule has 12 heavy (non-hydrogen) atoms. The van der Waals surface area contributed by atoms with Crippen LogP contribution in [0.1, 0.15) is 0 Å². The summed E-state index contributed by atoms with van der Waals surface area (Å²) in [5.74, 6) is 4.89. The van der Waals surface area contributed by atoms with Crippen molar-refractivity contribution < 1.29 is 0 Å². The summed E-state index contributed by atoms with van der Waals surface area (Å²) in [6.07, 6.45) is 0. The molecule has 0 aromatic carbocycles. The Balaban J connectivity index is 2.37. The third-order valence-electron chi connectivity index (χ3n) is 1.88. The topological polar surface area (TPSA) is 0 Å². The van der Waals surface area contributed by atoms with E-state index in [1.807, 2.05) is 23.5 Å². The van der Waals surface area contributed by atoms with Gasteiger partial charge in [-0.15, -0.1) is 23.5 Å². The molecule has 1 heterocycles. The Morgan fingerprint density at radius 3 is 2.08 bits per heavy atom. The molecule has 0 aromatic rings. The Hall–Kier alpha value is 1.75. The molecule has 1 saturated heterocycles. The second kappa shape index (κ2) is 6.27. The second-order valence-electron chi connectivity index (χ2n) is 2.73. The molecule has 0 amide bonds. The van der Waals surface area contributed by atoms with Crippen LogP contribution in [0.15, 0.2) is 0 Å². The number of hydrogen-bond donors (Lipinski definition) is 3. The van der Waals surface area contributed by atoms with Gasteiger partial charge in [0.1, 0.15) is 0 Å². The second-order valence-corrected chi connectivity index (χ2v) is 6.85. The molecule has 0 radical (unpaired) electrons. The van der Waals surface area contributed by atoms with E-state index in [0.29, 0.717) is 15.7 Å². The largest absolute Gasteiger partial charge is 0.179 e. The number of thioether (sulfide) groups is 2. The van der Waals surface area contributed by atoms with Crippen LogP contribution in [-0.4, -0.2) is 32.8 Å². The SMILES string of the molecule is SCC(CS)C(S)C1SCCS1. The van der Waals surface area contributed by atoms with Crippen molar-refractivity contribution in [3.8, 4) is 0 Å². The van der Waals surface area contributed by atoms with Crippen LogP contribution in [0, 0.1) is 5.92 Å². The Kier molecular flexibility index (Phi) is 6.18. The summed E-state index contributed by atoms with van der Waals surface area (Å²) < 4.78 is 0.664. The summed E-state index contributed by atoms with van der Waals surface area (Å²) >= 11 is 17.3. The van der Waals surface area contributed by atoms with Crippen LogP contribution in [0.5, 0.6) is 0 Å². The van der Waals surface area contributed by atoms with Crippen molar-refractivity contribution in [1.82, 2.24) is 0 Å². The Bertz CT molecular complexity index is 117. The zero-order chi connectivity index (χ0) is 8.97. The molecular formula is C7H14S5. The van der Waals surface area contributed by atoms with E-state index in [2.05, 4.69) is 37.9 Å². The highest BCUT2D eigenvalue weighted by Gasteiger charge is 2.28. The molecule has 1 aliphatic heterocycles. The molecule has 0 aliphatic carbocycles. The van der Waals surface area contributed by atoms with E-state index in [-0.39, 0.29) is 0 Å². The third kappa shape index (κ3) is 3.15. The summed E-state index contributed by atoms with van der Waals surface area (Å²) in [5.41, 5.74) is 0. The molecule has 1 fully saturated rings. The summed E-state index contributed by atoms with van der Waals surface area (Å²) in [6.45, 7) is 0. The smallest absolute Gasteiger partial charge is 0.0622 e. The fourth-order valence-electron chi connectivity index (χ4n) is 1.07. The summed E-state index contributed by atoms with van der Waals surface area (Å²) in [7, 11) is 0. The average molecular weight is 259 g/mol. The summed E-state index contributed by atoms with van der Waals surface area (Å²) in [4.78, 5) is 0. The fourth-order valence-corrected chi connectivity index (χ4v) is 6.08. The van der Waals surface area contributed by atoms with Crippen LogP contribution in [0.25, 0.3) is 0 Å². The minimum absolute atomic E-state index is 0.456. The van der Waals surface area contributed by atoms with E-state index >= 15 is 0 Å². The summed E-state index contributed by atoms with van der Waals surface area (Å²) in [5, 5.41) is 0.456. The van der Waals surface area contributed by atoms with Crippen molar-refractivity contribution >= 4 is 61.4 Å². The van der Waals surface area contributed by atoms with Crippen LogP contribution in [-0.2, 0) is 0 Å². The van der Waals surface area contributed by atoms with Gasteiger partial charge in [-0.3, -0.25) is 0 Å². The van der Waals surface area contributed by atoms with E-state index < -0.39 is 0 Å². The van der Waals surface area contributed by atoms with Crippen molar-refractivity contribution in [2.24, 2.45) is 5.92 Å². The van der Waals surface area contributed by atoms with Crippen LogP contribution < -0.4 is 0 Å². The molecule has 1 rings (SSSR count). The number of hydrogen-bond acceptors (Lipinski definition) is 5. The van der Waals surface area contributed by atoms with Gasteiger partial charge in [0.25, 0.3) is 0 Å². The molecule has 0 aromatic heterocycles. The maximum Gasteiger partial charge on any atom is 0.0622 e. The van der Waals surface area contributed by atoms with Gasteiger partial charge < -0.3 is 0 Å². The highest BCUT2D eigenvalue weighted by Crippen LogP contribution is 2.39. The summed E-state index contributed by atoms with van der Waals surface area (Å²) in [6, 6.07) is 0. The van der Waals surface area contributed by atoms with Gasteiger partial charge in [-0.2, -0.15) is 37.9 Å². The van der Waals surface area contributed by atoms with Gasteiger partial charge in [-0.25, -0.2) is 0 Å². The first-order chi connectivity index (χ1) is 5.79. The molecule has 72 valence electrons. The molecular weight excluding hydrogens is 244 g/mol. The minimum atomic E-state index is 0.456. The van der Waals surface area contributed by atoms with Crippen molar-refractivity contribution in [3.05, 3.63) is 0 Å². The van der Waals surface area contributed by atoms with Crippen LogP contribution in [0.3, 0.4) is 0 Å². The van der Waals surface area contributed by atoms with Gasteiger partial charge in [-0.05, 0) is 17.4 Å². The molecule has 0 nitrogen and oxygen atoms in total. The lowest BCUT2D eigenvalue weighted by atomic mass is 10.1. The lowest BCUT2D eigenvalue weighted by Crippen LogP contribution is -2.25. The van der Waals surface area contributed by atoms with E-state index in [1.165, 1.54) is 11.5 Å². The lowest BCUT2D eigenvalue weighted by Gasteiger charge is -2.23. The van der Waals surface area contributed by atoms with Crippen LogP contribution >= 0.6 is 61.4 Å². The first kappa shape index (κ1) is 11.8. The van der Waals surface area contributed by atoms with Crippen molar-refractivity contribution in [2.45, 2.75) is 9.83 Å². The van der Waals surface area contributed by atoms with Gasteiger partial charge >= 0.3 is 0 Å². The average Bonchev–Trinajstić information content (AvgIpc) is 2.58. The molecule has 0 spiro atoms. The normalized spacial score (nSPS) is 22.0. The first-order valence-corrected chi connectivity index (χ1v) is 7.80. The van der Waals surface area contributed by atoms with Crippen molar-refractivity contribution in [2.75, 3.05) is 23.0 Å². The first-order valence-electron chi connectivity index (χ1n) is 3.92. The van der Waals surface area contributed by atoms with E-state index in [4.69, 9.17) is 0 Å². The fraction of sp³-hybridized carbons (Fsp3) is 1.00. The van der Waals surface area contributed by atoms with Gasteiger partial charge in [-0.1, -0.05) is 0 Å². The predicted octanol–water partition coefficient (Wildman–Crippen LogP) is 2.57. The molecule has 0 saturated carbocycles. The zero-order valence-corrected chi connectivity index (χ0v) is 11.0. The Morgan fingerprint density at radius 1 is 1.17 bits per heavy atom. The molecule has 1 atom stereocenters. The minimum Gasteiger partial charge on any atom is -0.179 e. The number of rotatable bonds is 4. The maximum atomic E-state index is 4.64. The Morgan fingerprint density at radius 2 is 1.67 bits per heavy atom. The molecule has 1 aliphatic rings. The van der Waals surface area contributed by atoms with Gasteiger partial charge in [0.05, 0.1) is 4.58 Å². The monoisotopic (exact) mass is 258 g/mol. The van der Waals surface area contributed by atoms with Crippen LogP contribution in [0.4, 0.5) is 0 Å². The van der Waals surface area contributed by atoms with Crippen LogP contribution in [0.2, 0.25) is 0 Å². The van der Waals surface area contributed by atoms with Crippen molar-refractivity contribution in [3.63, 3.8) is 0 Å². The zero-order valence-electron chi connectivity index (χ0n) is 6.72. The van der Waals surface area contributed by atoms with Crippen molar-refractivity contribution in [1.29, 1.82) is 0 Å². The third-order valence-corrected chi connectivity index (χ3v) is 7.14. The van der Waals surface area contributed by atoms with E-state index in [1.54, 1.807) is 0 Å². The van der Waals surface area contributed by atoms with Gasteiger partial charge in [0, 0.05) is 16.8 Å². The molecule has 0 bridgehead atoms. The molecule has 5 heteroatoms. The number of thiol groups is 3. The maximum absolute atomic E-state index is 4.64. The highest BCUT2D eigenvalue weighted by atomic mass is 32.2. The standard InChI is InChI=1S/C7H14S5/c8-3-5(4-9)6(10)7-11-1-2-12-7/h5-10H,1-4H2. The van der Waals surface area contributed by atoms with Gasteiger partial charge in [0.2, 0.25) is 0 Å². The van der Waals surface area contributed by atoms with Gasteiger partial charge in [0.15, 0.2) is 0 Å².